The van der Waals surface area contributed by atoms with Gasteiger partial charge in [0.05, 0.1) is 0 Å². The lowest BCUT2D eigenvalue weighted by molar-refractivity contribution is 1.01. The van der Waals surface area contributed by atoms with Crippen LogP contribution >= 0.6 is 11.8 Å². The molecular weight excluding hydrogens is 162 g/mol. The van der Waals surface area contributed by atoms with Crippen LogP contribution in [0.3, 0.4) is 0 Å². The first-order valence-electron chi connectivity index (χ1n) is 2.97. The molecule has 0 aliphatic heterocycles. The SMILES string of the molecule is CSC(=N)n1c(C)nnc1N. The van der Waals surface area contributed by atoms with Crippen molar-refractivity contribution in [1.29, 1.82) is 5.41 Å². The molecule has 0 saturated carbocycles. The van der Waals surface area contributed by atoms with E-state index in [9.17, 15) is 0 Å². The van der Waals surface area contributed by atoms with E-state index in [1.807, 2.05) is 0 Å². The van der Waals surface area contributed by atoms with Gasteiger partial charge in [-0.2, -0.15) is 0 Å². The predicted octanol–water partition coefficient (Wildman–Crippen LogP) is 0.315. The minimum Gasteiger partial charge on any atom is -0.368 e. The Morgan fingerprint density at radius 1 is 1.64 bits per heavy atom. The molecule has 0 aromatic carbocycles. The average molecular weight is 171 g/mol. The molecule has 0 saturated heterocycles. The first-order chi connectivity index (χ1) is 5.16. The minimum atomic E-state index is 0.266. The van der Waals surface area contributed by atoms with Crippen molar-refractivity contribution in [3.05, 3.63) is 5.82 Å². The van der Waals surface area contributed by atoms with E-state index < -0.39 is 0 Å². The fraction of sp³-hybridized carbons (Fsp3) is 0.400. The second-order valence-electron chi connectivity index (χ2n) is 1.95. The van der Waals surface area contributed by atoms with Crippen LogP contribution in [-0.4, -0.2) is 26.2 Å². The number of nitrogen functional groups attached to an aromatic ring is 1. The third kappa shape index (κ3) is 1.35. The molecule has 1 heterocycles. The lowest BCUT2D eigenvalue weighted by Crippen LogP contribution is -2.11. The van der Waals surface area contributed by atoms with E-state index in [1.165, 1.54) is 16.3 Å². The van der Waals surface area contributed by atoms with Gasteiger partial charge in [-0.15, -0.1) is 10.2 Å². The smallest absolute Gasteiger partial charge is 0.228 e. The maximum atomic E-state index is 7.44. The van der Waals surface area contributed by atoms with Gasteiger partial charge in [-0.25, -0.2) is 4.57 Å². The molecule has 11 heavy (non-hydrogen) atoms. The Hall–Kier alpha value is -1.04. The van der Waals surface area contributed by atoms with Crippen LogP contribution in [0, 0.1) is 12.3 Å². The zero-order chi connectivity index (χ0) is 8.43. The van der Waals surface area contributed by atoms with E-state index in [1.54, 1.807) is 13.2 Å². The number of nitrogens with two attached hydrogens (primary N) is 1. The molecule has 1 rings (SSSR count). The summed E-state index contributed by atoms with van der Waals surface area (Å²) in [5, 5.41) is 15.1. The highest BCUT2D eigenvalue weighted by molar-refractivity contribution is 8.13. The first kappa shape index (κ1) is 8.06. The van der Waals surface area contributed by atoms with Gasteiger partial charge in [-0.05, 0) is 13.2 Å². The van der Waals surface area contributed by atoms with Crippen LogP contribution in [0.4, 0.5) is 5.95 Å². The molecule has 3 N–H and O–H groups in total. The van der Waals surface area contributed by atoms with Crippen molar-refractivity contribution in [3.63, 3.8) is 0 Å². The molecule has 0 fully saturated rings. The van der Waals surface area contributed by atoms with Gasteiger partial charge in [0.25, 0.3) is 0 Å². The van der Waals surface area contributed by atoms with E-state index in [0.29, 0.717) is 11.0 Å². The molecule has 0 radical (unpaired) electrons. The Kier molecular flexibility index (Phi) is 2.13. The number of nitrogens with one attached hydrogen (secondary N) is 1. The van der Waals surface area contributed by atoms with E-state index in [0.717, 1.165) is 0 Å². The minimum absolute atomic E-state index is 0.266. The Labute approximate surface area is 68.5 Å². The van der Waals surface area contributed by atoms with E-state index >= 15 is 0 Å². The van der Waals surface area contributed by atoms with Gasteiger partial charge in [0.2, 0.25) is 5.95 Å². The van der Waals surface area contributed by atoms with Crippen LogP contribution in [0.2, 0.25) is 0 Å². The lowest BCUT2D eigenvalue weighted by Gasteiger charge is -2.02. The van der Waals surface area contributed by atoms with Crippen molar-refractivity contribution in [3.8, 4) is 0 Å². The fourth-order valence-corrected chi connectivity index (χ4v) is 1.13. The highest BCUT2D eigenvalue weighted by atomic mass is 32.2. The molecule has 60 valence electrons. The largest absolute Gasteiger partial charge is 0.368 e. The summed E-state index contributed by atoms with van der Waals surface area (Å²) >= 11 is 1.30. The normalized spacial score (nSPS) is 10.0. The van der Waals surface area contributed by atoms with Crippen LogP contribution in [0.5, 0.6) is 0 Å². The van der Waals surface area contributed by atoms with Gasteiger partial charge < -0.3 is 5.73 Å². The van der Waals surface area contributed by atoms with Crippen LogP contribution in [0.15, 0.2) is 0 Å². The van der Waals surface area contributed by atoms with Gasteiger partial charge in [0.1, 0.15) is 5.82 Å². The molecule has 1 aromatic rings. The molecular formula is C5H9N5S. The Balaban J connectivity index is 3.10. The molecule has 5 nitrogen and oxygen atoms in total. The number of anilines is 1. The zero-order valence-electron chi connectivity index (χ0n) is 6.33. The summed E-state index contributed by atoms with van der Waals surface area (Å²) in [5.41, 5.74) is 5.45. The number of hydrogen-bond donors (Lipinski definition) is 2. The van der Waals surface area contributed by atoms with Crippen molar-refractivity contribution >= 4 is 22.9 Å². The number of aryl methyl sites for hydroxylation is 1. The summed E-state index contributed by atoms with van der Waals surface area (Å²) in [6.45, 7) is 1.76. The van der Waals surface area contributed by atoms with E-state index in [4.69, 9.17) is 11.1 Å². The van der Waals surface area contributed by atoms with Crippen LogP contribution in [0.25, 0.3) is 0 Å². The van der Waals surface area contributed by atoms with Crippen LogP contribution in [0.1, 0.15) is 5.82 Å². The maximum Gasteiger partial charge on any atom is 0.228 e. The molecule has 0 aliphatic carbocycles. The quantitative estimate of drug-likeness (QED) is 0.435. The Bertz CT molecular complexity index is 259. The highest BCUT2D eigenvalue weighted by Crippen LogP contribution is 2.07. The maximum absolute atomic E-state index is 7.44. The van der Waals surface area contributed by atoms with Crippen molar-refractivity contribution in [2.45, 2.75) is 6.92 Å². The van der Waals surface area contributed by atoms with Gasteiger partial charge in [0.15, 0.2) is 5.17 Å². The van der Waals surface area contributed by atoms with Gasteiger partial charge in [-0.3, -0.25) is 5.41 Å². The van der Waals surface area contributed by atoms with Crippen LogP contribution in [-0.2, 0) is 0 Å². The highest BCUT2D eigenvalue weighted by Gasteiger charge is 2.07. The van der Waals surface area contributed by atoms with Crippen molar-refractivity contribution in [1.82, 2.24) is 14.8 Å². The standard InChI is InChI=1S/C5H9N5S/c1-3-8-9-4(6)10(3)5(7)11-2/h7H,1-2H3,(H2,6,9). The van der Waals surface area contributed by atoms with E-state index in [2.05, 4.69) is 10.2 Å². The van der Waals surface area contributed by atoms with E-state index in [-0.39, 0.29) is 5.95 Å². The topological polar surface area (TPSA) is 80.6 Å². The summed E-state index contributed by atoms with van der Waals surface area (Å²) < 4.78 is 1.49. The summed E-state index contributed by atoms with van der Waals surface area (Å²) in [4.78, 5) is 0. The second-order valence-corrected chi connectivity index (χ2v) is 2.75. The molecule has 0 bridgehead atoms. The molecule has 0 atom stereocenters. The molecule has 0 aliphatic rings. The molecule has 6 heteroatoms. The summed E-state index contributed by atoms with van der Waals surface area (Å²) in [6, 6.07) is 0. The Morgan fingerprint density at radius 3 is 2.64 bits per heavy atom. The molecule has 1 aromatic heterocycles. The predicted molar refractivity (Wildman–Crippen MR) is 45.8 cm³/mol. The third-order valence-electron chi connectivity index (χ3n) is 1.25. The van der Waals surface area contributed by atoms with Crippen molar-refractivity contribution < 1.29 is 0 Å². The molecule has 0 spiro atoms. The van der Waals surface area contributed by atoms with Gasteiger partial charge in [0, 0.05) is 0 Å². The molecule has 0 amide bonds. The summed E-state index contributed by atoms with van der Waals surface area (Å²) in [6.07, 6.45) is 1.81. The summed E-state index contributed by atoms with van der Waals surface area (Å²) in [5.74, 6) is 0.906. The lowest BCUT2D eigenvalue weighted by atomic mass is 10.7. The number of thioether (sulfide) groups is 1. The van der Waals surface area contributed by atoms with Gasteiger partial charge >= 0.3 is 0 Å². The average Bonchev–Trinajstić information content (AvgIpc) is 2.30. The fourth-order valence-electron chi connectivity index (χ4n) is 0.721. The third-order valence-corrected chi connectivity index (χ3v) is 1.82. The van der Waals surface area contributed by atoms with Crippen LogP contribution < -0.4 is 5.73 Å². The second kappa shape index (κ2) is 2.91. The van der Waals surface area contributed by atoms with Crippen molar-refractivity contribution in [2.24, 2.45) is 0 Å². The number of rotatable bonds is 0. The number of hydrogen-bond acceptors (Lipinski definition) is 5. The van der Waals surface area contributed by atoms with Crippen molar-refractivity contribution in [2.75, 3.05) is 12.0 Å². The number of nitrogens with zero attached hydrogens (tertiary/aromatic N) is 3. The summed E-state index contributed by atoms with van der Waals surface area (Å²) in [7, 11) is 0. The van der Waals surface area contributed by atoms with Gasteiger partial charge in [-0.1, -0.05) is 11.8 Å². The molecule has 0 unspecified atom stereocenters. The zero-order valence-corrected chi connectivity index (χ0v) is 7.14. The first-order valence-corrected chi connectivity index (χ1v) is 4.19. The number of aromatic nitrogens is 3. The Morgan fingerprint density at radius 2 is 2.27 bits per heavy atom. The monoisotopic (exact) mass is 171 g/mol.